The minimum atomic E-state index is 0.307. The fraction of sp³-hybridized carbons (Fsp3) is 1.00. The van der Waals surface area contributed by atoms with E-state index in [9.17, 15) is 0 Å². The molecule has 0 aromatic carbocycles. The van der Waals surface area contributed by atoms with Gasteiger partial charge in [0.2, 0.25) is 0 Å². The molecule has 3 rings (SSSR count). The summed E-state index contributed by atoms with van der Waals surface area (Å²) < 4.78 is 0. The van der Waals surface area contributed by atoms with Gasteiger partial charge in [0.05, 0.1) is 0 Å². The first-order chi connectivity index (χ1) is 9.07. The quantitative estimate of drug-likeness (QED) is 0.838. The van der Waals surface area contributed by atoms with Crippen LogP contribution in [0.5, 0.6) is 0 Å². The summed E-state index contributed by atoms with van der Waals surface area (Å²) >= 11 is 0. The molecule has 1 aliphatic heterocycles. The second-order valence-electron chi connectivity index (χ2n) is 8.07. The van der Waals surface area contributed by atoms with Crippen molar-refractivity contribution in [3.05, 3.63) is 0 Å². The average molecular weight is 264 g/mol. The average Bonchev–Trinajstić information content (AvgIpc) is 2.94. The molecule has 0 aromatic rings. The van der Waals surface area contributed by atoms with Crippen molar-refractivity contribution < 1.29 is 0 Å². The minimum Gasteiger partial charge on any atom is -0.309 e. The third kappa shape index (κ3) is 3.00. The van der Waals surface area contributed by atoms with Gasteiger partial charge in [-0.25, -0.2) is 0 Å². The molecular formula is C17H32N2. The Morgan fingerprint density at radius 1 is 1.21 bits per heavy atom. The van der Waals surface area contributed by atoms with Gasteiger partial charge in [-0.15, -0.1) is 0 Å². The summed E-state index contributed by atoms with van der Waals surface area (Å²) in [6.07, 6.45) is 8.84. The third-order valence-corrected chi connectivity index (χ3v) is 5.91. The molecule has 0 spiro atoms. The maximum Gasteiger partial charge on any atom is 0.0252 e. The fourth-order valence-corrected chi connectivity index (χ4v) is 4.95. The highest BCUT2D eigenvalue weighted by molar-refractivity contribution is 4.96. The van der Waals surface area contributed by atoms with E-state index in [-0.39, 0.29) is 0 Å². The smallest absolute Gasteiger partial charge is 0.0252 e. The predicted molar refractivity (Wildman–Crippen MR) is 81.3 cm³/mol. The van der Waals surface area contributed by atoms with Crippen molar-refractivity contribution in [2.24, 2.45) is 17.8 Å². The number of hydrogen-bond donors (Lipinski definition) is 1. The Kier molecular flexibility index (Phi) is 3.92. The predicted octanol–water partition coefficient (Wildman–Crippen LogP) is 3.28. The van der Waals surface area contributed by atoms with Gasteiger partial charge in [-0.3, -0.25) is 4.90 Å². The van der Waals surface area contributed by atoms with Crippen LogP contribution < -0.4 is 5.32 Å². The van der Waals surface area contributed by atoms with Gasteiger partial charge >= 0.3 is 0 Å². The Hall–Kier alpha value is -0.0800. The Morgan fingerprint density at radius 3 is 2.68 bits per heavy atom. The van der Waals surface area contributed by atoms with E-state index in [2.05, 4.69) is 31.0 Å². The summed E-state index contributed by atoms with van der Waals surface area (Å²) in [7, 11) is 0. The van der Waals surface area contributed by atoms with E-state index in [0.29, 0.717) is 5.54 Å². The Bertz CT molecular complexity index is 312. The molecule has 2 heteroatoms. The molecule has 2 saturated carbocycles. The molecule has 0 aromatic heterocycles. The Morgan fingerprint density at radius 2 is 2.05 bits per heavy atom. The van der Waals surface area contributed by atoms with E-state index >= 15 is 0 Å². The van der Waals surface area contributed by atoms with Crippen molar-refractivity contribution in [2.75, 3.05) is 19.6 Å². The monoisotopic (exact) mass is 264 g/mol. The largest absolute Gasteiger partial charge is 0.309 e. The topological polar surface area (TPSA) is 15.3 Å². The first-order valence-corrected chi connectivity index (χ1v) is 8.56. The summed E-state index contributed by atoms with van der Waals surface area (Å²) in [4.78, 5) is 2.84. The lowest BCUT2D eigenvalue weighted by molar-refractivity contribution is 0.0636. The number of nitrogens with one attached hydrogen (secondary N) is 1. The Labute approximate surface area is 119 Å². The van der Waals surface area contributed by atoms with Crippen LogP contribution in [-0.4, -0.2) is 36.1 Å². The molecule has 4 atom stereocenters. The molecule has 4 unspecified atom stereocenters. The zero-order valence-electron chi connectivity index (χ0n) is 13.1. The van der Waals surface area contributed by atoms with Crippen LogP contribution in [0.4, 0.5) is 0 Å². The molecule has 3 aliphatic rings. The second-order valence-corrected chi connectivity index (χ2v) is 8.07. The van der Waals surface area contributed by atoms with Gasteiger partial charge in [-0.05, 0) is 57.3 Å². The van der Waals surface area contributed by atoms with Gasteiger partial charge in [0, 0.05) is 31.2 Å². The van der Waals surface area contributed by atoms with Crippen LogP contribution >= 0.6 is 0 Å². The van der Waals surface area contributed by atoms with E-state index < -0.39 is 0 Å². The molecule has 0 radical (unpaired) electrons. The van der Waals surface area contributed by atoms with Gasteiger partial charge in [-0.1, -0.05) is 19.8 Å². The van der Waals surface area contributed by atoms with Crippen LogP contribution in [0.3, 0.4) is 0 Å². The van der Waals surface area contributed by atoms with Crippen molar-refractivity contribution in [1.82, 2.24) is 10.2 Å². The maximum atomic E-state index is 3.74. The summed E-state index contributed by atoms with van der Waals surface area (Å²) in [5.41, 5.74) is 0.307. The molecule has 0 amide bonds. The summed E-state index contributed by atoms with van der Waals surface area (Å²) in [5.74, 6) is 3.19. The number of rotatable bonds is 4. The molecule has 110 valence electrons. The number of hydrogen-bond acceptors (Lipinski definition) is 2. The lowest BCUT2D eigenvalue weighted by atomic mass is 9.86. The van der Waals surface area contributed by atoms with E-state index in [1.54, 1.807) is 6.42 Å². The Balaban J connectivity index is 1.62. The molecule has 2 aliphatic carbocycles. The zero-order chi connectivity index (χ0) is 13.5. The van der Waals surface area contributed by atoms with Crippen LogP contribution in [-0.2, 0) is 0 Å². The molecule has 3 fully saturated rings. The summed E-state index contributed by atoms with van der Waals surface area (Å²) in [6.45, 7) is 10.9. The van der Waals surface area contributed by atoms with Crippen molar-refractivity contribution in [2.45, 2.75) is 70.9 Å². The number of nitrogens with zero attached hydrogens (tertiary/aromatic N) is 1. The van der Waals surface area contributed by atoms with Crippen molar-refractivity contribution in [1.29, 1.82) is 0 Å². The van der Waals surface area contributed by atoms with Crippen LogP contribution in [0.15, 0.2) is 0 Å². The minimum absolute atomic E-state index is 0.307. The SMILES string of the molecule is CCCC1CNC(C)(C)CN1CC1CC2CCC1C2. The highest BCUT2D eigenvalue weighted by Gasteiger charge is 2.42. The van der Waals surface area contributed by atoms with E-state index in [1.807, 2.05) is 0 Å². The normalized spacial score (nSPS) is 41.8. The molecule has 1 saturated heterocycles. The van der Waals surface area contributed by atoms with Crippen LogP contribution in [0.25, 0.3) is 0 Å². The van der Waals surface area contributed by atoms with Crippen molar-refractivity contribution in [3.8, 4) is 0 Å². The molecule has 19 heavy (non-hydrogen) atoms. The van der Waals surface area contributed by atoms with Gasteiger partial charge in [0.25, 0.3) is 0 Å². The fourth-order valence-electron chi connectivity index (χ4n) is 4.95. The van der Waals surface area contributed by atoms with Crippen molar-refractivity contribution in [3.63, 3.8) is 0 Å². The highest BCUT2D eigenvalue weighted by Crippen LogP contribution is 2.48. The molecule has 2 bridgehead atoms. The summed E-state index contributed by atoms with van der Waals surface area (Å²) in [6, 6.07) is 0.789. The maximum absolute atomic E-state index is 3.74. The van der Waals surface area contributed by atoms with Gasteiger partial charge < -0.3 is 5.32 Å². The summed E-state index contributed by atoms with van der Waals surface area (Å²) in [5, 5.41) is 3.74. The van der Waals surface area contributed by atoms with Crippen LogP contribution in [0.1, 0.15) is 59.3 Å². The van der Waals surface area contributed by atoms with Crippen LogP contribution in [0.2, 0.25) is 0 Å². The third-order valence-electron chi connectivity index (χ3n) is 5.91. The molecular weight excluding hydrogens is 232 g/mol. The van der Waals surface area contributed by atoms with Gasteiger partial charge in [0.1, 0.15) is 0 Å². The highest BCUT2D eigenvalue weighted by atomic mass is 15.2. The van der Waals surface area contributed by atoms with E-state index in [4.69, 9.17) is 0 Å². The lowest BCUT2D eigenvalue weighted by Gasteiger charge is -2.46. The van der Waals surface area contributed by atoms with Crippen LogP contribution in [0, 0.1) is 17.8 Å². The lowest BCUT2D eigenvalue weighted by Crippen LogP contribution is -2.62. The number of fused-ring (bicyclic) bond motifs is 2. The first-order valence-electron chi connectivity index (χ1n) is 8.56. The van der Waals surface area contributed by atoms with E-state index in [1.165, 1.54) is 51.7 Å². The van der Waals surface area contributed by atoms with Gasteiger partial charge in [-0.2, -0.15) is 0 Å². The van der Waals surface area contributed by atoms with Gasteiger partial charge in [0.15, 0.2) is 0 Å². The molecule has 2 nitrogen and oxygen atoms in total. The first kappa shape index (κ1) is 13.9. The molecule has 1 N–H and O–H groups in total. The number of piperazine rings is 1. The zero-order valence-corrected chi connectivity index (χ0v) is 13.1. The second kappa shape index (κ2) is 5.37. The molecule has 1 heterocycles. The standard InChI is InChI=1S/C17H32N2/c1-4-5-16-10-18-17(2,3)12-19(16)11-15-9-13-6-7-14(15)8-13/h13-16,18H,4-12H2,1-3H3. The van der Waals surface area contributed by atoms with Crippen molar-refractivity contribution >= 4 is 0 Å². The van der Waals surface area contributed by atoms with E-state index in [0.717, 1.165) is 23.8 Å².